The summed E-state index contributed by atoms with van der Waals surface area (Å²) < 4.78 is 0. The minimum absolute atomic E-state index is 0.0337. The molecular formula is C11H18N2. The third kappa shape index (κ3) is 2.07. The number of nitrogens with two attached hydrogens (primary N) is 1. The zero-order valence-electron chi connectivity index (χ0n) is 8.67. The Labute approximate surface area is 80.2 Å². The number of hydrogen-bond donors (Lipinski definition) is 1. The van der Waals surface area contributed by atoms with Gasteiger partial charge in [-0.1, -0.05) is 19.9 Å². The molecule has 0 amide bonds. The average Bonchev–Trinajstić information content (AvgIpc) is 2.17. The van der Waals surface area contributed by atoms with Crippen molar-refractivity contribution in [1.82, 2.24) is 4.98 Å². The van der Waals surface area contributed by atoms with Gasteiger partial charge < -0.3 is 5.73 Å². The Kier molecular flexibility index (Phi) is 3.04. The lowest BCUT2D eigenvalue weighted by Gasteiger charge is -2.25. The fourth-order valence-corrected chi connectivity index (χ4v) is 1.31. The van der Waals surface area contributed by atoms with E-state index in [1.807, 2.05) is 19.1 Å². The van der Waals surface area contributed by atoms with Crippen LogP contribution in [-0.2, 0) is 5.41 Å². The van der Waals surface area contributed by atoms with Gasteiger partial charge in [0.1, 0.15) is 0 Å². The van der Waals surface area contributed by atoms with E-state index in [1.165, 1.54) is 0 Å². The Morgan fingerprint density at radius 3 is 2.62 bits per heavy atom. The average molecular weight is 178 g/mol. The molecule has 2 N–H and O–H groups in total. The Morgan fingerprint density at radius 1 is 1.46 bits per heavy atom. The monoisotopic (exact) mass is 178 g/mol. The standard InChI is InChI=1S/C11H18N2/c1-4-11(3,8-12)10-7-5-6-9(2)13-10/h5-7H,4,8,12H2,1-3H3. The van der Waals surface area contributed by atoms with Crippen LogP contribution in [-0.4, -0.2) is 11.5 Å². The summed E-state index contributed by atoms with van der Waals surface area (Å²) in [6.45, 7) is 6.97. The van der Waals surface area contributed by atoms with E-state index in [4.69, 9.17) is 5.73 Å². The fraction of sp³-hybridized carbons (Fsp3) is 0.545. The molecule has 0 fully saturated rings. The summed E-state index contributed by atoms with van der Waals surface area (Å²) in [5.41, 5.74) is 7.96. The summed E-state index contributed by atoms with van der Waals surface area (Å²) in [4.78, 5) is 4.51. The molecule has 1 heterocycles. The summed E-state index contributed by atoms with van der Waals surface area (Å²) in [7, 11) is 0. The molecule has 0 spiro atoms. The minimum atomic E-state index is 0.0337. The third-order valence-corrected chi connectivity index (χ3v) is 2.74. The Morgan fingerprint density at radius 2 is 2.15 bits per heavy atom. The number of pyridine rings is 1. The van der Waals surface area contributed by atoms with Crippen molar-refractivity contribution in [2.24, 2.45) is 5.73 Å². The van der Waals surface area contributed by atoms with Gasteiger partial charge in [-0.3, -0.25) is 4.98 Å². The van der Waals surface area contributed by atoms with Crippen molar-refractivity contribution in [3.63, 3.8) is 0 Å². The van der Waals surface area contributed by atoms with E-state index in [-0.39, 0.29) is 5.41 Å². The van der Waals surface area contributed by atoms with Gasteiger partial charge in [-0.2, -0.15) is 0 Å². The molecule has 72 valence electrons. The first-order valence-corrected chi connectivity index (χ1v) is 4.76. The molecule has 1 atom stereocenters. The molecular weight excluding hydrogens is 160 g/mol. The van der Waals surface area contributed by atoms with E-state index in [1.54, 1.807) is 0 Å². The van der Waals surface area contributed by atoms with E-state index in [0.717, 1.165) is 17.8 Å². The normalized spacial score (nSPS) is 15.4. The van der Waals surface area contributed by atoms with Crippen molar-refractivity contribution in [2.75, 3.05) is 6.54 Å². The quantitative estimate of drug-likeness (QED) is 0.769. The SMILES string of the molecule is CCC(C)(CN)c1cccc(C)n1. The second-order valence-electron chi connectivity index (χ2n) is 3.78. The molecule has 0 aliphatic carbocycles. The van der Waals surface area contributed by atoms with E-state index in [2.05, 4.69) is 24.9 Å². The van der Waals surface area contributed by atoms with Gasteiger partial charge in [-0.05, 0) is 25.5 Å². The van der Waals surface area contributed by atoms with E-state index < -0.39 is 0 Å². The van der Waals surface area contributed by atoms with Gasteiger partial charge in [0.2, 0.25) is 0 Å². The van der Waals surface area contributed by atoms with Crippen LogP contribution in [0.25, 0.3) is 0 Å². The smallest absolute Gasteiger partial charge is 0.0478 e. The molecule has 0 saturated heterocycles. The fourth-order valence-electron chi connectivity index (χ4n) is 1.31. The summed E-state index contributed by atoms with van der Waals surface area (Å²) in [5.74, 6) is 0. The van der Waals surface area contributed by atoms with Crippen LogP contribution in [0, 0.1) is 6.92 Å². The molecule has 0 aliphatic heterocycles. The van der Waals surface area contributed by atoms with Crippen LogP contribution in [0.4, 0.5) is 0 Å². The van der Waals surface area contributed by atoms with Gasteiger partial charge in [0.05, 0.1) is 0 Å². The summed E-state index contributed by atoms with van der Waals surface area (Å²) in [5, 5.41) is 0. The van der Waals surface area contributed by atoms with Crippen molar-refractivity contribution < 1.29 is 0 Å². The van der Waals surface area contributed by atoms with Gasteiger partial charge in [-0.25, -0.2) is 0 Å². The molecule has 0 saturated carbocycles. The molecule has 1 aromatic heterocycles. The van der Waals surface area contributed by atoms with Crippen molar-refractivity contribution in [2.45, 2.75) is 32.6 Å². The summed E-state index contributed by atoms with van der Waals surface area (Å²) in [6.07, 6.45) is 1.03. The van der Waals surface area contributed by atoms with Crippen LogP contribution in [0.3, 0.4) is 0 Å². The van der Waals surface area contributed by atoms with Gasteiger partial charge in [-0.15, -0.1) is 0 Å². The molecule has 1 aromatic rings. The minimum Gasteiger partial charge on any atom is -0.330 e. The van der Waals surface area contributed by atoms with Crippen molar-refractivity contribution in [1.29, 1.82) is 0 Å². The second-order valence-corrected chi connectivity index (χ2v) is 3.78. The highest BCUT2D eigenvalue weighted by Crippen LogP contribution is 2.24. The maximum absolute atomic E-state index is 5.76. The van der Waals surface area contributed by atoms with Gasteiger partial charge >= 0.3 is 0 Å². The maximum Gasteiger partial charge on any atom is 0.0478 e. The molecule has 13 heavy (non-hydrogen) atoms. The molecule has 0 radical (unpaired) electrons. The lowest BCUT2D eigenvalue weighted by atomic mass is 9.83. The van der Waals surface area contributed by atoms with Crippen molar-refractivity contribution >= 4 is 0 Å². The number of rotatable bonds is 3. The highest BCUT2D eigenvalue weighted by molar-refractivity contribution is 5.19. The lowest BCUT2D eigenvalue weighted by molar-refractivity contribution is 0.452. The Hall–Kier alpha value is -0.890. The molecule has 0 bridgehead atoms. The first-order valence-electron chi connectivity index (χ1n) is 4.76. The van der Waals surface area contributed by atoms with E-state index in [0.29, 0.717) is 6.54 Å². The molecule has 1 unspecified atom stereocenters. The third-order valence-electron chi connectivity index (χ3n) is 2.74. The van der Waals surface area contributed by atoms with Crippen LogP contribution in [0.1, 0.15) is 31.7 Å². The first-order chi connectivity index (χ1) is 6.12. The summed E-state index contributed by atoms with van der Waals surface area (Å²) >= 11 is 0. The highest BCUT2D eigenvalue weighted by atomic mass is 14.7. The van der Waals surface area contributed by atoms with Gasteiger partial charge in [0, 0.05) is 23.3 Å². The number of aromatic nitrogens is 1. The van der Waals surface area contributed by atoms with Crippen LogP contribution < -0.4 is 5.73 Å². The van der Waals surface area contributed by atoms with E-state index in [9.17, 15) is 0 Å². The highest BCUT2D eigenvalue weighted by Gasteiger charge is 2.23. The predicted octanol–water partition coefficient (Wildman–Crippen LogP) is 2.02. The lowest BCUT2D eigenvalue weighted by Crippen LogP contribution is -2.32. The Bertz CT molecular complexity index is 277. The molecule has 2 nitrogen and oxygen atoms in total. The number of nitrogens with zero attached hydrogens (tertiary/aromatic N) is 1. The van der Waals surface area contributed by atoms with Crippen LogP contribution in [0.5, 0.6) is 0 Å². The van der Waals surface area contributed by atoms with Crippen LogP contribution in [0.2, 0.25) is 0 Å². The van der Waals surface area contributed by atoms with Gasteiger partial charge in [0.15, 0.2) is 0 Å². The first kappa shape index (κ1) is 10.2. The van der Waals surface area contributed by atoms with Gasteiger partial charge in [0.25, 0.3) is 0 Å². The number of aryl methyl sites for hydroxylation is 1. The maximum atomic E-state index is 5.76. The van der Waals surface area contributed by atoms with Crippen molar-refractivity contribution in [3.05, 3.63) is 29.6 Å². The van der Waals surface area contributed by atoms with Crippen molar-refractivity contribution in [3.8, 4) is 0 Å². The topological polar surface area (TPSA) is 38.9 Å². The second kappa shape index (κ2) is 3.88. The predicted molar refractivity (Wildman–Crippen MR) is 55.7 cm³/mol. The van der Waals surface area contributed by atoms with Crippen LogP contribution >= 0.6 is 0 Å². The number of hydrogen-bond acceptors (Lipinski definition) is 2. The van der Waals surface area contributed by atoms with Crippen LogP contribution in [0.15, 0.2) is 18.2 Å². The zero-order valence-corrected chi connectivity index (χ0v) is 8.67. The Balaban J connectivity index is 3.05. The summed E-state index contributed by atoms with van der Waals surface area (Å²) in [6, 6.07) is 6.11. The molecule has 0 aromatic carbocycles. The zero-order chi connectivity index (χ0) is 9.90. The molecule has 0 aliphatic rings. The molecule has 1 rings (SSSR count). The molecule has 2 heteroatoms. The van der Waals surface area contributed by atoms with E-state index >= 15 is 0 Å². The largest absolute Gasteiger partial charge is 0.330 e.